The SMILES string of the molecule is CNC(=O)[C@@H]1CCCN1c1ncc(-c2cccc(Nc3cc(C)ccn3)n2)s1.Cl.Cl. The molecule has 4 heterocycles. The molecule has 0 aliphatic carbocycles. The first-order valence-electron chi connectivity index (χ1n) is 9.25. The fourth-order valence-electron chi connectivity index (χ4n) is 3.33. The van der Waals surface area contributed by atoms with Crippen molar-refractivity contribution < 1.29 is 4.79 Å². The van der Waals surface area contributed by atoms with Crippen LogP contribution >= 0.6 is 36.2 Å². The second-order valence-corrected chi connectivity index (χ2v) is 7.73. The Morgan fingerprint density at radius 2 is 2.03 bits per heavy atom. The summed E-state index contributed by atoms with van der Waals surface area (Å²) >= 11 is 1.56. The quantitative estimate of drug-likeness (QED) is 0.585. The van der Waals surface area contributed by atoms with Gasteiger partial charge in [0.25, 0.3) is 0 Å². The van der Waals surface area contributed by atoms with E-state index in [4.69, 9.17) is 4.98 Å². The first-order valence-corrected chi connectivity index (χ1v) is 10.1. The highest BCUT2D eigenvalue weighted by molar-refractivity contribution is 7.18. The fourth-order valence-corrected chi connectivity index (χ4v) is 4.29. The van der Waals surface area contributed by atoms with E-state index < -0.39 is 0 Å². The molecule has 1 aliphatic rings. The van der Waals surface area contributed by atoms with Crippen LogP contribution in [0.5, 0.6) is 0 Å². The van der Waals surface area contributed by atoms with Gasteiger partial charge in [0, 0.05) is 26.0 Å². The van der Waals surface area contributed by atoms with E-state index in [0.717, 1.165) is 52.3 Å². The minimum Gasteiger partial charge on any atom is -0.357 e. The number of likely N-dealkylation sites (N-methyl/N-ethyl adjacent to an activating group) is 1. The van der Waals surface area contributed by atoms with Crippen molar-refractivity contribution >= 4 is 58.8 Å². The van der Waals surface area contributed by atoms with Crippen molar-refractivity contribution in [3.05, 3.63) is 48.3 Å². The van der Waals surface area contributed by atoms with E-state index in [0.29, 0.717) is 0 Å². The lowest BCUT2D eigenvalue weighted by Crippen LogP contribution is -2.41. The van der Waals surface area contributed by atoms with Gasteiger partial charge in [0.1, 0.15) is 17.7 Å². The molecule has 4 rings (SSSR count). The van der Waals surface area contributed by atoms with Crippen molar-refractivity contribution in [3.8, 4) is 10.6 Å². The van der Waals surface area contributed by atoms with E-state index in [2.05, 4.69) is 25.5 Å². The summed E-state index contributed by atoms with van der Waals surface area (Å²) in [5.74, 6) is 1.54. The molecule has 7 nitrogen and oxygen atoms in total. The van der Waals surface area contributed by atoms with Crippen LogP contribution in [0.3, 0.4) is 0 Å². The van der Waals surface area contributed by atoms with E-state index in [1.165, 1.54) is 0 Å². The Hall–Kier alpha value is -2.42. The predicted molar refractivity (Wildman–Crippen MR) is 127 cm³/mol. The number of anilines is 3. The van der Waals surface area contributed by atoms with E-state index in [9.17, 15) is 4.79 Å². The summed E-state index contributed by atoms with van der Waals surface area (Å²) in [7, 11) is 1.68. The summed E-state index contributed by atoms with van der Waals surface area (Å²) < 4.78 is 0. The van der Waals surface area contributed by atoms with Gasteiger partial charge in [-0.3, -0.25) is 4.79 Å². The summed E-state index contributed by atoms with van der Waals surface area (Å²) in [4.78, 5) is 28.8. The van der Waals surface area contributed by atoms with E-state index >= 15 is 0 Å². The van der Waals surface area contributed by atoms with Crippen LogP contribution in [0.15, 0.2) is 42.7 Å². The molecule has 0 radical (unpaired) electrons. The number of hydrogen-bond donors (Lipinski definition) is 2. The van der Waals surface area contributed by atoms with Crippen molar-refractivity contribution in [1.29, 1.82) is 0 Å². The zero-order chi connectivity index (χ0) is 19.5. The third-order valence-electron chi connectivity index (χ3n) is 4.71. The Labute approximate surface area is 192 Å². The maximum Gasteiger partial charge on any atom is 0.242 e. The Morgan fingerprint density at radius 1 is 1.20 bits per heavy atom. The normalized spacial score (nSPS) is 15.1. The molecular formula is C20H24Cl2N6OS. The van der Waals surface area contributed by atoms with Gasteiger partial charge in [0.05, 0.1) is 10.6 Å². The third-order valence-corrected chi connectivity index (χ3v) is 5.77. The van der Waals surface area contributed by atoms with E-state index in [1.54, 1.807) is 24.6 Å². The van der Waals surface area contributed by atoms with Crippen LogP contribution in [-0.2, 0) is 4.79 Å². The van der Waals surface area contributed by atoms with Crippen LogP contribution in [0.4, 0.5) is 16.8 Å². The number of aryl methyl sites for hydroxylation is 1. The molecule has 0 aromatic carbocycles. The van der Waals surface area contributed by atoms with Crippen LogP contribution in [-0.4, -0.2) is 40.5 Å². The predicted octanol–water partition coefficient (Wildman–Crippen LogP) is 4.21. The Morgan fingerprint density at radius 3 is 2.80 bits per heavy atom. The van der Waals surface area contributed by atoms with Gasteiger partial charge >= 0.3 is 0 Å². The van der Waals surface area contributed by atoms with Gasteiger partial charge < -0.3 is 15.5 Å². The molecule has 1 fully saturated rings. The highest BCUT2D eigenvalue weighted by atomic mass is 35.5. The standard InChI is InChI=1S/C20H22N6OS.2ClH/c1-13-8-9-22-18(11-13)25-17-7-3-5-14(24-17)16-12-23-20(28-16)26-10-4-6-15(26)19(27)21-2;;/h3,5,7-9,11-12,15H,4,6,10H2,1-2H3,(H,21,27)(H,22,24,25);2*1H/t15-;;/m0../s1. The van der Waals surface area contributed by atoms with Gasteiger partial charge in [-0.15, -0.1) is 24.8 Å². The molecule has 3 aromatic rings. The second-order valence-electron chi connectivity index (χ2n) is 6.72. The topological polar surface area (TPSA) is 83.0 Å². The van der Waals surface area contributed by atoms with Gasteiger partial charge in [0.15, 0.2) is 5.13 Å². The maximum absolute atomic E-state index is 12.1. The average molecular weight is 467 g/mol. The number of carbonyl (C=O) groups excluding carboxylic acids is 1. The lowest BCUT2D eigenvalue weighted by molar-refractivity contribution is -0.121. The van der Waals surface area contributed by atoms with Crippen molar-refractivity contribution in [2.24, 2.45) is 0 Å². The zero-order valence-electron chi connectivity index (χ0n) is 16.7. The van der Waals surface area contributed by atoms with Crippen molar-refractivity contribution in [3.63, 3.8) is 0 Å². The van der Waals surface area contributed by atoms with Crippen molar-refractivity contribution in [2.75, 3.05) is 23.8 Å². The number of hydrogen-bond acceptors (Lipinski definition) is 7. The summed E-state index contributed by atoms with van der Waals surface area (Å²) in [5, 5.41) is 6.86. The molecule has 0 saturated carbocycles. The van der Waals surface area contributed by atoms with Gasteiger partial charge in [-0.05, 0) is 49.6 Å². The summed E-state index contributed by atoms with van der Waals surface area (Å²) in [6.45, 7) is 2.87. The molecule has 1 aliphatic heterocycles. The Kier molecular flexibility index (Phi) is 8.40. The largest absolute Gasteiger partial charge is 0.357 e. The highest BCUT2D eigenvalue weighted by Gasteiger charge is 2.32. The highest BCUT2D eigenvalue weighted by Crippen LogP contribution is 2.34. The van der Waals surface area contributed by atoms with Gasteiger partial charge in [-0.2, -0.15) is 0 Å². The minimum atomic E-state index is -0.141. The molecule has 10 heteroatoms. The fraction of sp³-hybridized carbons (Fsp3) is 0.300. The van der Waals surface area contributed by atoms with Crippen LogP contribution in [0.25, 0.3) is 10.6 Å². The molecule has 2 N–H and O–H groups in total. The van der Waals surface area contributed by atoms with Crippen molar-refractivity contribution in [1.82, 2.24) is 20.3 Å². The number of rotatable bonds is 5. The first-order chi connectivity index (χ1) is 13.6. The van der Waals surface area contributed by atoms with Crippen LogP contribution < -0.4 is 15.5 Å². The van der Waals surface area contributed by atoms with Gasteiger partial charge in [-0.1, -0.05) is 17.4 Å². The smallest absolute Gasteiger partial charge is 0.242 e. The third kappa shape index (κ3) is 5.19. The number of halogens is 2. The molecule has 0 unspecified atom stereocenters. The molecular weight excluding hydrogens is 443 g/mol. The summed E-state index contributed by atoms with van der Waals surface area (Å²) in [6.07, 6.45) is 5.45. The van der Waals surface area contributed by atoms with E-state index in [1.807, 2.05) is 43.5 Å². The summed E-state index contributed by atoms with van der Waals surface area (Å²) in [5.41, 5.74) is 1.98. The van der Waals surface area contributed by atoms with Gasteiger partial charge in [-0.25, -0.2) is 15.0 Å². The Bertz CT molecular complexity index is 999. The number of nitrogens with one attached hydrogen (secondary N) is 2. The molecule has 0 spiro atoms. The van der Waals surface area contributed by atoms with Crippen LogP contribution in [0.2, 0.25) is 0 Å². The number of thiazole rings is 1. The second kappa shape index (κ2) is 10.6. The minimum absolute atomic E-state index is 0. The molecule has 30 heavy (non-hydrogen) atoms. The van der Waals surface area contributed by atoms with E-state index in [-0.39, 0.29) is 36.8 Å². The Balaban J connectivity index is 0.00000160. The molecule has 160 valence electrons. The van der Waals surface area contributed by atoms with Crippen molar-refractivity contribution in [2.45, 2.75) is 25.8 Å². The lowest BCUT2D eigenvalue weighted by atomic mass is 10.2. The van der Waals surface area contributed by atoms with Gasteiger partial charge in [0.2, 0.25) is 5.91 Å². The molecule has 1 saturated heterocycles. The number of carbonyl (C=O) groups is 1. The number of nitrogens with zero attached hydrogens (tertiary/aromatic N) is 4. The first kappa shape index (κ1) is 23.9. The summed E-state index contributed by atoms with van der Waals surface area (Å²) in [6, 6.07) is 9.63. The zero-order valence-corrected chi connectivity index (χ0v) is 19.1. The van der Waals surface area contributed by atoms with Crippen LogP contribution in [0, 0.1) is 6.92 Å². The molecule has 1 amide bonds. The molecule has 1 atom stereocenters. The average Bonchev–Trinajstić information content (AvgIpc) is 3.37. The molecule has 3 aromatic heterocycles. The van der Waals surface area contributed by atoms with Crippen LogP contribution in [0.1, 0.15) is 18.4 Å². The number of pyridine rings is 2. The number of aromatic nitrogens is 3. The maximum atomic E-state index is 12.1. The number of amides is 1. The monoisotopic (exact) mass is 466 g/mol. The molecule has 0 bridgehead atoms. The lowest BCUT2D eigenvalue weighted by Gasteiger charge is -2.22.